The molecule has 4 nitrogen and oxygen atoms in total. The Bertz CT molecular complexity index is 599. The molecule has 1 aromatic carbocycles. The predicted molar refractivity (Wildman–Crippen MR) is 76.8 cm³/mol. The van der Waals surface area contributed by atoms with Gasteiger partial charge >= 0.3 is 0 Å². The van der Waals surface area contributed by atoms with Crippen molar-refractivity contribution in [1.82, 2.24) is 9.97 Å². The summed E-state index contributed by atoms with van der Waals surface area (Å²) < 4.78 is 5.75. The average Bonchev–Trinajstić information content (AvgIpc) is 2.32. The van der Waals surface area contributed by atoms with Crippen LogP contribution in [-0.2, 0) is 0 Å². The van der Waals surface area contributed by atoms with Crippen molar-refractivity contribution in [2.75, 3.05) is 5.73 Å². The van der Waals surface area contributed by atoms with Gasteiger partial charge in [0.1, 0.15) is 5.75 Å². The molecular weight excluding hydrogens is 262 g/mol. The van der Waals surface area contributed by atoms with Gasteiger partial charge in [-0.1, -0.05) is 25.4 Å². The molecule has 0 atom stereocenters. The first-order valence-corrected chi connectivity index (χ1v) is 6.41. The molecule has 2 aromatic rings. The molecule has 0 unspecified atom stereocenters. The number of hydrogen-bond donors (Lipinski definition) is 1. The summed E-state index contributed by atoms with van der Waals surface area (Å²) in [6, 6.07) is 5.51. The normalized spacial score (nSPS) is 10.8. The van der Waals surface area contributed by atoms with Gasteiger partial charge in [0.2, 0.25) is 11.8 Å². The van der Waals surface area contributed by atoms with Crippen LogP contribution in [0.25, 0.3) is 0 Å². The lowest BCUT2D eigenvalue weighted by atomic mass is 10.0. The number of halogens is 1. The summed E-state index contributed by atoms with van der Waals surface area (Å²) in [7, 11) is 0. The summed E-state index contributed by atoms with van der Waals surface area (Å²) in [5.74, 6) is 1.66. The lowest BCUT2D eigenvalue weighted by Crippen LogP contribution is -1.98. The second-order valence-electron chi connectivity index (χ2n) is 4.65. The summed E-state index contributed by atoms with van der Waals surface area (Å²) in [6.45, 7) is 6.11. The van der Waals surface area contributed by atoms with Gasteiger partial charge in [-0.3, -0.25) is 0 Å². The van der Waals surface area contributed by atoms with Crippen molar-refractivity contribution >= 4 is 17.5 Å². The Balaban J connectivity index is 2.37. The van der Waals surface area contributed by atoms with Crippen LogP contribution in [0, 0.1) is 6.92 Å². The second kappa shape index (κ2) is 5.45. The highest BCUT2D eigenvalue weighted by Gasteiger charge is 2.11. The Morgan fingerprint density at radius 3 is 2.68 bits per heavy atom. The zero-order chi connectivity index (χ0) is 14.0. The number of rotatable bonds is 3. The molecule has 1 heterocycles. The van der Waals surface area contributed by atoms with Gasteiger partial charge < -0.3 is 10.5 Å². The lowest BCUT2D eigenvalue weighted by Gasteiger charge is -2.14. The van der Waals surface area contributed by atoms with Gasteiger partial charge in [0.25, 0.3) is 0 Å². The quantitative estimate of drug-likeness (QED) is 0.923. The van der Waals surface area contributed by atoms with E-state index in [1.54, 1.807) is 12.3 Å². The van der Waals surface area contributed by atoms with E-state index in [1.165, 1.54) is 0 Å². The van der Waals surface area contributed by atoms with E-state index >= 15 is 0 Å². The number of hydrogen-bond acceptors (Lipinski definition) is 4. The maximum atomic E-state index is 6.22. The SMILES string of the molecule is Cc1cc(Cl)c(C(C)C)cc1Oc1ccnc(N)n1. The third kappa shape index (κ3) is 3.15. The number of ether oxygens (including phenoxy) is 1. The minimum Gasteiger partial charge on any atom is -0.439 e. The Morgan fingerprint density at radius 1 is 1.32 bits per heavy atom. The van der Waals surface area contributed by atoms with Crippen LogP contribution < -0.4 is 10.5 Å². The number of nitrogen functional groups attached to an aromatic ring is 1. The molecule has 0 amide bonds. The molecule has 0 spiro atoms. The summed E-state index contributed by atoms with van der Waals surface area (Å²) in [5, 5.41) is 0.752. The smallest absolute Gasteiger partial charge is 0.224 e. The first kappa shape index (κ1) is 13.6. The van der Waals surface area contributed by atoms with Gasteiger partial charge in [-0.25, -0.2) is 4.98 Å². The van der Waals surface area contributed by atoms with E-state index in [-0.39, 0.29) is 5.95 Å². The predicted octanol–water partition coefficient (Wildman–Crippen LogP) is 3.94. The van der Waals surface area contributed by atoms with E-state index in [0.717, 1.165) is 21.9 Å². The van der Waals surface area contributed by atoms with Gasteiger partial charge in [-0.15, -0.1) is 0 Å². The molecule has 0 saturated carbocycles. The largest absolute Gasteiger partial charge is 0.439 e. The highest BCUT2D eigenvalue weighted by molar-refractivity contribution is 6.31. The number of benzene rings is 1. The molecule has 0 aliphatic carbocycles. The maximum Gasteiger partial charge on any atom is 0.224 e. The molecule has 100 valence electrons. The maximum absolute atomic E-state index is 6.22. The monoisotopic (exact) mass is 277 g/mol. The molecule has 0 fully saturated rings. The fraction of sp³-hybridized carbons (Fsp3) is 0.286. The van der Waals surface area contributed by atoms with Crippen LogP contribution in [0.2, 0.25) is 5.02 Å². The van der Waals surface area contributed by atoms with E-state index in [4.69, 9.17) is 22.1 Å². The zero-order valence-electron chi connectivity index (χ0n) is 11.1. The highest BCUT2D eigenvalue weighted by atomic mass is 35.5. The van der Waals surface area contributed by atoms with Crippen molar-refractivity contribution in [3.05, 3.63) is 40.5 Å². The lowest BCUT2D eigenvalue weighted by molar-refractivity contribution is 0.458. The highest BCUT2D eigenvalue weighted by Crippen LogP contribution is 2.33. The Morgan fingerprint density at radius 2 is 2.05 bits per heavy atom. The van der Waals surface area contributed by atoms with Crippen LogP contribution in [0.3, 0.4) is 0 Å². The fourth-order valence-corrected chi connectivity index (χ4v) is 2.18. The van der Waals surface area contributed by atoms with Crippen LogP contribution in [0.4, 0.5) is 5.95 Å². The van der Waals surface area contributed by atoms with Gasteiger partial charge in [-0.05, 0) is 36.1 Å². The number of nitrogens with two attached hydrogens (primary N) is 1. The Labute approximate surface area is 117 Å². The van der Waals surface area contributed by atoms with Crippen molar-refractivity contribution in [2.45, 2.75) is 26.7 Å². The van der Waals surface area contributed by atoms with Crippen LogP contribution in [0.1, 0.15) is 30.9 Å². The number of nitrogens with zero attached hydrogens (tertiary/aromatic N) is 2. The zero-order valence-corrected chi connectivity index (χ0v) is 11.9. The van der Waals surface area contributed by atoms with E-state index in [1.807, 2.05) is 19.1 Å². The number of aryl methyl sites for hydroxylation is 1. The molecule has 0 radical (unpaired) electrons. The van der Waals surface area contributed by atoms with Crippen LogP contribution in [0.5, 0.6) is 11.6 Å². The van der Waals surface area contributed by atoms with E-state index in [2.05, 4.69) is 23.8 Å². The van der Waals surface area contributed by atoms with E-state index in [9.17, 15) is 0 Å². The standard InChI is InChI=1S/C14H16ClN3O/c1-8(2)10-7-12(9(3)6-11(10)15)19-13-4-5-17-14(16)18-13/h4-8H,1-3H3,(H2,16,17,18). The molecule has 0 saturated heterocycles. The third-order valence-corrected chi connectivity index (χ3v) is 3.11. The van der Waals surface area contributed by atoms with Crippen molar-refractivity contribution < 1.29 is 4.74 Å². The summed E-state index contributed by atoms with van der Waals surface area (Å²) >= 11 is 6.22. The minimum absolute atomic E-state index is 0.188. The number of anilines is 1. The van der Waals surface area contributed by atoms with Crippen molar-refractivity contribution in [2.24, 2.45) is 0 Å². The first-order chi connectivity index (χ1) is 8.97. The summed E-state index contributed by atoms with van der Waals surface area (Å²) in [5.41, 5.74) is 7.53. The second-order valence-corrected chi connectivity index (χ2v) is 5.06. The summed E-state index contributed by atoms with van der Waals surface area (Å²) in [6.07, 6.45) is 1.56. The van der Waals surface area contributed by atoms with Crippen LogP contribution >= 0.6 is 11.6 Å². The molecule has 2 rings (SSSR count). The average molecular weight is 278 g/mol. The molecule has 0 aliphatic heterocycles. The third-order valence-electron chi connectivity index (χ3n) is 2.78. The Kier molecular flexibility index (Phi) is 3.90. The molecule has 5 heteroatoms. The molecule has 19 heavy (non-hydrogen) atoms. The molecule has 1 aromatic heterocycles. The van der Waals surface area contributed by atoms with Crippen molar-refractivity contribution in [1.29, 1.82) is 0 Å². The minimum atomic E-state index is 0.188. The molecular formula is C14H16ClN3O. The van der Waals surface area contributed by atoms with Crippen molar-refractivity contribution in [3.8, 4) is 11.6 Å². The van der Waals surface area contributed by atoms with E-state index in [0.29, 0.717) is 11.8 Å². The molecule has 2 N–H and O–H groups in total. The topological polar surface area (TPSA) is 61.0 Å². The number of aromatic nitrogens is 2. The van der Waals surface area contributed by atoms with Gasteiger partial charge in [0, 0.05) is 17.3 Å². The van der Waals surface area contributed by atoms with E-state index < -0.39 is 0 Å². The fourth-order valence-electron chi connectivity index (χ4n) is 1.75. The first-order valence-electron chi connectivity index (χ1n) is 6.04. The molecule has 0 bridgehead atoms. The van der Waals surface area contributed by atoms with Crippen LogP contribution in [0.15, 0.2) is 24.4 Å². The van der Waals surface area contributed by atoms with Crippen molar-refractivity contribution in [3.63, 3.8) is 0 Å². The van der Waals surface area contributed by atoms with Gasteiger partial charge in [0.15, 0.2) is 0 Å². The Hall–Kier alpha value is -1.81. The van der Waals surface area contributed by atoms with Gasteiger partial charge in [-0.2, -0.15) is 4.98 Å². The van der Waals surface area contributed by atoms with Crippen LogP contribution in [-0.4, -0.2) is 9.97 Å². The van der Waals surface area contributed by atoms with Gasteiger partial charge in [0.05, 0.1) is 0 Å². The summed E-state index contributed by atoms with van der Waals surface area (Å²) in [4.78, 5) is 7.85. The molecule has 0 aliphatic rings.